The van der Waals surface area contributed by atoms with Gasteiger partial charge in [0.1, 0.15) is 6.04 Å². The summed E-state index contributed by atoms with van der Waals surface area (Å²) < 4.78 is 0. The second-order valence-corrected chi connectivity index (χ2v) is 2.90. The number of carboxylic acids is 1. The molecule has 0 aliphatic carbocycles. The molecular formula is C10H20N2O4. The second-order valence-electron chi connectivity index (χ2n) is 2.90. The summed E-state index contributed by atoms with van der Waals surface area (Å²) in [4.78, 5) is 31.4. The highest BCUT2D eigenvalue weighted by molar-refractivity contribution is 6.35. The first-order chi connectivity index (χ1) is 7.45. The van der Waals surface area contributed by atoms with Crippen molar-refractivity contribution in [3.63, 3.8) is 0 Å². The molecule has 1 unspecified atom stereocenters. The molecule has 0 rings (SSSR count). The monoisotopic (exact) mass is 232 g/mol. The largest absolute Gasteiger partial charge is 0.480 e. The summed E-state index contributed by atoms with van der Waals surface area (Å²) in [5.41, 5.74) is 5.21. The van der Waals surface area contributed by atoms with Gasteiger partial charge in [0.05, 0.1) is 0 Å². The van der Waals surface area contributed by atoms with Gasteiger partial charge in [-0.05, 0) is 12.8 Å². The molecule has 1 atom stereocenters. The van der Waals surface area contributed by atoms with Crippen LogP contribution in [0.1, 0.15) is 33.6 Å². The summed E-state index contributed by atoms with van der Waals surface area (Å²) in [6, 6.07) is -0.913. The van der Waals surface area contributed by atoms with E-state index < -0.39 is 23.7 Å². The van der Waals surface area contributed by atoms with Crippen molar-refractivity contribution in [3.8, 4) is 0 Å². The highest BCUT2D eigenvalue weighted by atomic mass is 16.4. The van der Waals surface area contributed by atoms with Crippen molar-refractivity contribution in [2.24, 2.45) is 5.73 Å². The van der Waals surface area contributed by atoms with Crippen LogP contribution in [0.3, 0.4) is 0 Å². The topological polar surface area (TPSA) is 109 Å². The molecule has 16 heavy (non-hydrogen) atoms. The quantitative estimate of drug-likeness (QED) is 0.438. The number of ketones is 1. The van der Waals surface area contributed by atoms with Crippen molar-refractivity contribution >= 4 is 17.7 Å². The van der Waals surface area contributed by atoms with Crippen LogP contribution in [0.25, 0.3) is 0 Å². The van der Waals surface area contributed by atoms with Crippen LogP contribution in [0, 0.1) is 0 Å². The van der Waals surface area contributed by atoms with E-state index in [0.717, 1.165) is 6.92 Å². The Morgan fingerprint density at radius 1 is 1.31 bits per heavy atom. The Bertz CT molecular complexity index is 241. The molecule has 0 aliphatic rings. The molecule has 0 fully saturated rings. The van der Waals surface area contributed by atoms with E-state index in [4.69, 9.17) is 10.8 Å². The summed E-state index contributed by atoms with van der Waals surface area (Å²) in [6.45, 7) is 5.43. The van der Waals surface area contributed by atoms with Gasteiger partial charge in [0, 0.05) is 13.5 Å². The van der Waals surface area contributed by atoms with E-state index in [9.17, 15) is 14.4 Å². The number of rotatable bonds is 6. The molecule has 1 amide bonds. The molecule has 0 heterocycles. The van der Waals surface area contributed by atoms with Crippen molar-refractivity contribution in [2.75, 3.05) is 6.54 Å². The van der Waals surface area contributed by atoms with E-state index >= 15 is 0 Å². The molecule has 0 bridgehead atoms. The van der Waals surface area contributed by atoms with Crippen molar-refractivity contribution in [1.29, 1.82) is 0 Å². The molecule has 0 aromatic carbocycles. The van der Waals surface area contributed by atoms with Crippen LogP contribution in [0.5, 0.6) is 0 Å². The van der Waals surface area contributed by atoms with Crippen molar-refractivity contribution < 1.29 is 19.5 Å². The van der Waals surface area contributed by atoms with Gasteiger partial charge < -0.3 is 16.2 Å². The van der Waals surface area contributed by atoms with Crippen LogP contribution >= 0.6 is 0 Å². The first-order valence-corrected chi connectivity index (χ1v) is 5.22. The van der Waals surface area contributed by atoms with Crippen LogP contribution in [0.15, 0.2) is 0 Å². The number of aliphatic carboxylic acids is 1. The molecule has 94 valence electrons. The number of hydrogen-bond donors (Lipinski definition) is 3. The van der Waals surface area contributed by atoms with Crippen molar-refractivity contribution in [1.82, 2.24) is 5.32 Å². The molecule has 0 radical (unpaired) electrons. The lowest BCUT2D eigenvalue weighted by Crippen LogP contribution is -2.33. The molecule has 0 saturated carbocycles. The van der Waals surface area contributed by atoms with Gasteiger partial charge in [-0.2, -0.15) is 0 Å². The summed E-state index contributed by atoms with van der Waals surface area (Å²) in [5, 5.41) is 10.8. The Morgan fingerprint density at radius 3 is 2.19 bits per heavy atom. The zero-order valence-corrected chi connectivity index (χ0v) is 9.95. The zero-order valence-electron chi connectivity index (χ0n) is 9.95. The summed E-state index contributed by atoms with van der Waals surface area (Å²) in [5.74, 6) is -2.29. The lowest BCUT2D eigenvalue weighted by atomic mass is 10.2. The third-order valence-electron chi connectivity index (χ3n) is 1.61. The lowest BCUT2D eigenvalue weighted by molar-refractivity contribution is -0.138. The number of carbonyl (C=O) groups excluding carboxylic acids is 2. The van der Waals surface area contributed by atoms with Gasteiger partial charge in [0.15, 0.2) is 0 Å². The molecule has 6 heteroatoms. The van der Waals surface area contributed by atoms with E-state index in [0.29, 0.717) is 6.42 Å². The van der Waals surface area contributed by atoms with Crippen LogP contribution < -0.4 is 11.1 Å². The molecule has 6 nitrogen and oxygen atoms in total. The van der Waals surface area contributed by atoms with E-state index in [1.807, 2.05) is 13.8 Å². The summed E-state index contributed by atoms with van der Waals surface area (Å²) >= 11 is 0. The lowest BCUT2D eigenvalue weighted by Gasteiger charge is -2.06. The van der Waals surface area contributed by atoms with E-state index in [1.165, 1.54) is 0 Å². The molecule has 0 spiro atoms. The van der Waals surface area contributed by atoms with Crippen LogP contribution in [0.2, 0.25) is 0 Å². The SMILES string of the molecule is CC.CC(=O)C(=O)NCCCC(N)C(=O)O. The predicted octanol–water partition coefficient (Wildman–Crippen LogP) is -0.0901. The number of hydrogen-bond acceptors (Lipinski definition) is 4. The third-order valence-corrected chi connectivity index (χ3v) is 1.61. The fraction of sp³-hybridized carbons (Fsp3) is 0.700. The number of nitrogens with one attached hydrogen (secondary N) is 1. The highest BCUT2D eigenvalue weighted by Crippen LogP contribution is 1.92. The van der Waals surface area contributed by atoms with Crippen molar-refractivity contribution in [2.45, 2.75) is 39.7 Å². The summed E-state index contributed by atoms with van der Waals surface area (Å²) in [7, 11) is 0. The Labute approximate surface area is 95.2 Å². The minimum Gasteiger partial charge on any atom is -0.480 e. The summed E-state index contributed by atoms with van der Waals surface area (Å²) in [6.07, 6.45) is 0.708. The van der Waals surface area contributed by atoms with Gasteiger partial charge in [0.2, 0.25) is 5.78 Å². The number of carbonyl (C=O) groups is 3. The molecule has 4 N–H and O–H groups in total. The molecular weight excluding hydrogens is 212 g/mol. The smallest absolute Gasteiger partial charge is 0.320 e. The fourth-order valence-electron chi connectivity index (χ4n) is 0.772. The first kappa shape index (κ1) is 17.0. The van der Waals surface area contributed by atoms with Gasteiger partial charge in [-0.3, -0.25) is 14.4 Å². The van der Waals surface area contributed by atoms with E-state index in [2.05, 4.69) is 5.32 Å². The minimum absolute atomic E-state index is 0.263. The Morgan fingerprint density at radius 2 is 1.81 bits per heavy atom. The van der Waals surface area contributed by atoms with Gasteiger partial charge in [-0.1, -0.05) is 13.8 Å². The molecule has 0 aromatic heterocycles. The highest BCUT2D eigenvalue weighted by Gasteiger charge is 2.11. The van der Waals surface area contributed by atoms with E-state index in [-0.39, 0.29) is 13.0 Å². The van der Waals surface area contributed by atoms with Crippen LogP contribution in [-0.4, -0.2) is 35.4 Å². The van der Waals surface area contributed by atoms with Gasteiger partial charge in [0.25, 0.3) is 5.91 Å². The Kier molecular flexibility index (Phi) is 10.7. The van der Waals surface area contributed by atoms with E-state index in [1.54, 1.807) is 0 Å². The van der Waals surface area contributed by atoms with Crippen molar-refractivity contribution in [3.05, 3.63) is 0 Å². The molecule has 0 aromatic rings. The Hall–Kier alpha value is -1.43. The molecule has 0 saturated heterocycles. The van der Waals surface area contributed by atoms with Gasteiger partial charge in [-0.25, -0.2) is 0 Å². The fourth-order valence-corrected chi connectivity index (χ4v) is 0.772. The minimum atomic E-state index is -1.07. The maximum atomic E-state index is 10.7. The van der Waals surface area contributed by atoms with Gasteiger partial charge >= 0.3 is 5.97 Å². The van der Waals surface area contributed by atoms with Crippen LogP contribution in [-0.2, 0) is 14.4 Å². The number of amides is 1. The number of Topliss-reactive ketones (excluding diaryl/α,β-unsaturated/α-hetero) is 1. The standard InChI is InChI=1S/C8H14N2O4.C2H6/c1-5(11)7(12)10-4-2-3-6(9)8(13)14;1-2/h6H,2-4,9H2,1H3,(H,10,12)(H,13,14);1-2H3. The first-order valence-electron chi connectivity index (χ1n) is 5.22. The zero-order chi connectivity index (χ0) is 13.1. The predicted molar refractivity (Wildman–Crippen MR) is 59.9 cm³/mol. The number of carboxylic acid groups (broad SMARTS) is 1. The third kappa shape index (κ3) is 9.14. The van der Waals surface area contributed by atoms with Gasteiger partial charge in [-0.15, -0.1) is 0 Å². The maximum Gasteiger partial charge on any atom is 0.320 e. The average Bonchev–Trinajstić information content (AvgIpc) is 2.26. The normalized spacial score (nSPS) is 10.8. The average molecular weight is 232 g/mol. The Balaban J connectivity index is 0. The second kappa shape index (κ2) is 10.1. The number of nitrogens with two attached hydrogens (primary N) is 1. The van der Waals surface area contributed by atoms with Crippen LogP contribution in [0.4, 0.5) is 0 Å². The maximum absolute atomic E-state index is 10.7. The molecule has 0 aliphatic heterocycles.